The minimum atomic E-state index is 0.908. The Labute approximate surface area is 296 Å². The van der Waals surface area contributed by atoms with E-state index in [2.05, 4.69) is 191 Å². The Hall–Kier alpha value is -6.64. The molecule has 0 bridgehead atoms. The van der Waals surface area contributed by atoms with Gasteiger partial charge in [0.1, 0.15) is 0 Å². The van der Waals surface area contributed by atoms with Crippen molar-refractivity contribution in [2.45, 2.75) is 6.42 Å². The summed E-state index contributed by atoms with van der Waals surface area (Å²) in [6.45, 7) is 0. The molecule has 11 rings (SSSR count). The Kier molecular flexibility index (Phi) is 6.05. The summed E-state index contributed by atoms with van der Waals surface area (Å²) in [5, 5.41) is 5.20. The van der Waals surface area contributed by atoms with Gasteiger partial charge in [-0.3, -0.25) is 0 Å². The van der Waals surface area contributed by atoms with E-state index in [1.165, 1.54) is 99.5 Å². The van der Waals surface area contributed by atoms with Crippen molar-refractivity contribution in [3.8, 4) is 44.8 Å². The van der Waals surface area contributed by atoms with Crippen LogP contribution in [0.2, 0.25) is 0 Å². The van der Waals surface area contributed by atoms with E-state index in [0.717, 1.165) is 6.42 Å². The van der Waals surface area contributed by atoms with Gasteiger partial charge in [0.2, 0.25) is 0 Å². The quantitative estimate of drug-likeness (QED) is 0.180. The third kappa shape index (κ3) is 4.05. The molecule has 0 spiro atoms. The van der Waals surface area contributed by atoms with Gasteiger partial charge in [-0.25, -0.2) is 0 Å². The standard InChI is InChI=1S/C49H32N2/c1-3-15-32(16-4-1)33-27-29-34(30-28-33)37-20-9-12-24-42(37)51-44-26-14-10-22-39(44)46-45-38-21-8-7-17-35(38)31-41(45)48-47(49(46)51)40-23-11-13-25-43(40)50(48)36-18-5-2-6-19-36/h1-30H,31H2. The Balaban J connectivity index is 1.31. The van der Waals surface area contributed by atoms with E-state index in [4.69, 9.17) is 0 Å². The van der Waals surface area contributed by atoms with Crippen LogP contribution in [0.1, 0.15) is 11.1 Å². The van der Waals surface area contributed by atoms with E-state index in [1.807, 2.05) is 0 Å². The van der Waals surface area contributed by atoms with Crippen molar-refractivity contribution >= 4 is 43.6 Å². The topological polar surface area (TPSA) is 9.86 Å². The molecule has 2 heterocycles. The smallest absolute Gasteiger partial charge is 0.0648 e. The van der Waals surface area contributed by atoms with E-state index >= 15 is 0 Å². The normalized spacial score (nSPS) is 12.2. The van der Waals surface area contributed by atoms with Crippen molar-refractivity contribution in [2.75, 3.05) is 0 Å². The molecule has 51 heavy (non-hydrogen) atoms. The Morgan fingerprint density at radius 1 is 0.373 bits per heavy atom. The monoisotopic (exact) mass is 648 g/mol. The van der Waals surface area contributed by atoms with Crippen molar-refractivity contribution < 1.29 is 0 Å². The number of fused-ring (bicyclic) bond motifs is 12. The van der Waals surface area contributed by atoms with Crippen molar-refractivity contribution in [3.63, 3.8) is 0 Å². The first-order chi connectivity index (χ1) is 25.3. The molecule has 238 valence electrons. The van der Waals surface area contributed by atoms with Crippen LogP contribution in [0, 0.1) is 0 Å². The van der Waals surface area contributed by atoms with Crippen molar-refractivity contribution in [3.05, 3.63) is 193 Å². The first-order valence-corrected chi connectivity index (χ1v) is 17.8. The second-order valence-electron chi connectivity index (χ2n) is 13.6. The van der Waals surface area contributed by atoms with Gasteiger partial charge in [0, 0.05) is 39.2 Å². The number of hydrogen-bond acceptors (Lipinski definition) is 0. The number of aromatic nitrogens is 2. The van der Waals surface area contributed by atoms with Crippen LogP contribution in [0.15, 0.2) is 182 Å². The number of benzene rings is 8. The summed E-state index contributed by atoms with van der Waals surface area (Å²) >= 11 is 0. The number of para-hydroxylation sites is 4. The Morgan fingerprint density at radius 3 is 1.69 bits per heavy atom. The molecule has 0 atom stereocenters. The lowest BCUT2D eigenvalue weighted by Gasteiger charge is -2.17. The van der Waals surface area contributed by atoms with Crippen LogP contribution in [-0.4, -0.2) is 9.13 Å². The van der Waals surface area contributed by atoms with Crippen LogP contribution in [0.4, 0.5) is 0 Å². The van der Waals surface area contributed by atoms with Crippen LogP contribution in [-0.2, 0) is 6.42 Å². The highest BCUT2D eigenvalue weighted by Crippen LogP contribution is 2.53. The Bertz CT molecular complexity index is 2960. The SMILES string of the molecule is c1ccc(-c2ccc(-c3ccccc3-n3c4ccccc4c4c5c(c6c(c7ccccc7n6-c6ccccc6)c43)Cc3ccccc3-5)cc2)cc1. The second kappa shape index (κ2) is 10.9. The summed E-state index contributed by atoms with van der Waals surface area (Å²) in [5.74, 6) is 0. The number of rotatable bonds is 4. The molecule has 8 aromatic carbocycles. The second-order valence-corrected chi connectivity index (χ2v) is 13.6. The molecule has 0 amide bonds. The van der Waals surface area contributed by atoms with E-state index < -0.39 is 0 Å². The molecule has 1 aliphatic carbocycles. The van der Waals surface area contributed by atoms with Crippen molar-refractivity contribution in [1.29, 1.82) is 0 Å². The maximum Gasteiger partial charge on any atom is 0.0648 e. The molecule has 10 aromatic rings. The van der Waals surface area contributed by atoms with Crippen LogP contribution < -0.4 is 0 Å². The van der Waals surface area contributed by atoms with Gasteiger partial charge in [-0.1, -0.05) is 152 Å². The summed E-state index contributed by atoms with van der Waals surface area (Å²) in [4.78, 5) is 0. The minimum Gasteiger partial charge on any atom is -0.309 e. The average molecular weight is 649 g/mol. The molecular weight excluding hydrogens is 617 g/mol. The van der Waals surface area contributed by atoms with E-state index in [-0.39, 0.29) is 0 Å². The first-order valence-electron chi connectivity index (χ1n) is 17.8. The molecule has 0 fully saturated rings. The average Bonchev–Trinajstić information content (AvgIpc) is 3.87. The zero-order chi connectivity index (χ0) is 33.5. The minimum absolute atomic E-state index is 0.908. The number of nitrogens with zero attached hydrogens (tertiary/aromatic N) is 2. The largest absolute Gasteiger partial charge is 0.309 e. The van der Waals surface area contributed by atoms with Gasteiger partial charge in [-0.05, 0) is 69.3 Å². The summed E-state index contributed by atoms with van der Waals surface area (Å²) in [5.41, 5.74) is 17.7. The van der Waals surface area contributed by atoms with E-state index in [0.29, 0.717) is 0 Å². The summed E-state index contributed by atoms with van der Waals surface area (Å²) in [6, 6.07) is 66.6. The lowest BCUT2D eigenvalue weighted by atomic mass is 9.95. The third-order valence-electron chi connectivity index (χ3n) is 10.9. The van der Waals surface area contributed by atoms with Crippen LogP contribution >= 0.6 is 0 Å². The molecule has 0 aliphatic heterocycles. The fraction of sp³-hybridized carbons (Fsp3) is 0.0204. The molecule has 0 saturated carbocycles. The summed E-state index contributed by atoms with van der Waals surface area (Å²) in [7, 11) is 0. The number of hydrogen-bond donors (Lipinski definition) is 0. The highest BCUT2D eigenvalue weighted by atomic mass is 15.0. The van der Waals surface area contributed by atoms with Gasteiger partial charge in [-0.15, -0.1) is 0 Å². The third-order valence-corrected chi connectivity index (χ3v) is 10.9. The highest BCUT2D eigenvalue weighted by Gasteiger charge is 2.32. The summed E-state index contributed by atoms with van der Waals surface area (Å²) in [6.07, 6.45) is 0.908. The lowest BCUT2D eigenvalue weighted by molar-refractivity contribution is 1.15. The van der Waals surface area contributed by atoms with E-state index in [9.17, 15) is 0 Å². The predicted molar refractivity (Wildman–Crippen MR) is 214 cm³/mol. The summed E-state index contributed by atoms with van der Waals surface area (Å²) < 4.78 is 5.08. The van der Waals surface area contributed by atoms with Gasteiger partial charge in [0.25, 0.3) is 0 Å². The fourth-order valence-corrected chi connectivity index (χ4v) is 8.82. The zero-order valence-corrected chi connectivity index (χ0v) is 27.9. The van der Waals surface area contributed by atoms with Gasteiger partial charge in [-0.2, -0.15) is 0 Å². The molecule has 2 aromatic heterocycles. The van der Waals surface area contributed by atoms with Crippen LogP contribution in [0.25, 0.3) is 88.4 Å². The highest BCUT2D eigenvalue weighted by molar-refractivity contribution is 6.31. The van der Waals surface area contributed by atoms with Gasteiger partial charge in [0.15, 0.2) is 0 Å². The molecule has 0 radical (unpaired) electrons. The van der Waals surface area contributed by atoms with Gasteiger partial charge < -0.3 is 9.13 Å². The zero-order valence-electron chi connectivity index (χ0n) is 27.9. The van der Waals surface area contributed by atoms with E-state index in [1.54, 1.807) is 0 Å². The van der Waals surface area contributed by atoms with Gasteiger partial charge in [0.05, 0.1) is 27.8 Å². The first kappa shape index (κ1) is 28.2. The Morgan fingerprint density at radius 2 is 0.922 bits per heavy atom. The maximum atomic E-state index is 2.57. The van der Waals surface area contributed by atoms with Crippen molar-refractivity contribution in [2.24, 2.45) is 0 Å². The molecule has 2 nitrogen and oxygen atoms in total. The molecule has 1 aliphatic rings. The van der Waals surface area contributed by atoms with Crippen LogP contribution in [0.3, 0.4) is 0 Å². The van der Waals surface area contributed by atoms with Crippen molar-refractivity contribution in [1.82, 2.24) is 9.13 Å². The molecule has 0 saturated heterocycles. The maximum absolute atomic E-state index is 2.57. The fourth-order valence-electron chi connectivity index (χ4n) is 8.82. The molecule has 0 unspecified atom stereocenters. The van der Waals surface area contributed by atoms with Gasteiger partial charge >= 0.3 is 0 Å². The molecular formula is C49H32N2. The van der Waals surface area contributed by atoms with Crippen LogP contribution in [0.5, 0.6) is 0 Å². The molecule has 0 N–H and O–H groups in total. The lowest BCUT2D eigenvalue weighted by Crippen LogP contribution is -2.00. The molecule has 2 heteroatoms. The predicted octanol–water partition coefficient (Wildman–Crippen LogP) is 12.8.